The number of carbonyl (C=O) groups excluding carboxylic acids is 1. The van der Waals surface area contributed by atoms with E-state index in [9.17, 15) is 48.8 Å². The molecule has 18 heteroatoms. The number of carbonyl (C=O) groups is 1. The standard InChI is InChI=1S/C18H16N4O11S3/c1-8(23)20-10-2-3-13(14(6-10)35(28,29)30)21-22-17-15(36(31,32)33)5-9-4-11(34(25,26)27)7-12(19)16(9)18(17)24/h2-7,24H,19H2,1H3,(H,20,23)(H,25,26,27)(H,28,29,30)(H,31,32,33). The Labute approximate surface area is 203 Å². The molecule has 0 atom stereocenters. The molecule has 0 aliphatic rings. The Balaban J connectivity index is 2.32. The summed E-state index contributed by atoms with van der Waals surface area (Å²) in [5.74, 6) is -1.55. The van der Waals surface area contributed by atoms with E-state index in [1.165, 1.54) is 6.07 Å². The average molecular weight is 561 g/mol. The molecule has 192 valence electrons. The molecular weight excluding hydrogens is 544 g/mol. The van der Waals surface area contributed by atoms with Crippen LogP contribution in [0.1, 0.15) is 6.92 Å². The summed E-state index contributed by atoms with van der Waals surface area (Å²) in [6.07, 6.45) is 0. The summed E-state index contributed by atoms with van der Waals surface area (Å²) in [7, 11) is -14.9. The molecule has 0 fully saturated rings. The number of anilines is 2. The second-order valence-corrected chi connectivity index (χ2v) is 11.4. The van der Waals surface area contributed by atoms with Gasteiger partial charge in [-0.1, -0.05) is 0 Å². The number of hydrogen-bond donors (Lipinski definition) is 6. The molecule has 0 aromatic heterocycles. The van der Waals surface area contributed by atoms with Crippen molar-refractivity contribution in [2.24, 2.45) is 10.2 Å². The number of nitrogens with two attached hydrogens (primary N) is 1. The maximum absolute atomic E-state index is 12.0. The van der Waals surface area contributed by atoms with Crippen molar-refractivity contribution >= 4 is 69.8 Å². The monoisotopic (exact) mass is 560 g/mol. The molecule has 3 aromatic carbocycles. The number of phenolic OH excluding ortho intramolecular Hbond substituents is 1. The molecule has 0 radical (unpaired) electrons. The molecule has 15 nitrogen and oxygen atoms in total. The minimum absolute atomic E-state index is 0.0383. The number of azo groups is 1. The van der Waals surface area contributed by atoms with E-state index in [0.29, 0.717) is 6.07 Å². The van der Waals surface area contributed by atoms with Crippen molar-refractivity contribution in [3.63, 3.8) is 0 Å². The van der Waals surface area contributed by atoms with Gasteiger partial charge in [0.1, 0.15) is 21.2 Å². The molecule has 0 saturated heterocycles. The zero-order chi connectivity index (χ0) is 27.2. The van der Waals surface area contributed by atoms with Crippen LogP contribution < -0.4 is 11.1 Å². The van der Waals surface area contributed by atoms with Gasteiger partial charge in [0, 0.05) is 23.7 Å². The molecule has 3 aromatic rings. The summed E-state index contributed by atoms with van der Waals surface area (Å²) >= 11 is 0. The highest BCUT2D eigenvalue weighted by Crippen LogP contribution is 2.44. The van der Waals surface area contributed by atoms with Crippen molar-refractivity contribution in [1.29, 1.82) is 0 Å². The van der Waals surface area contributed by atoms with Gasteiger partial charge in [-0.3, -0.25) is 18.5 Å². The number of fused-ring (bicyclic) bond motifs is 1. The molecule has 0 heterocycles. The topological polar surface area (TPSA) is 263 Å². The number of phenols is 1. The molecular formula is C18H16N4O11S3. The Hall–Kier alpha value is -3.68. The van der Waals surface area contributed by atoms with Gasteiger partial charge >= 0.3 is 0 Å². The zero-order valence-electron chi connectivity index (χ0n) is 17.8. The molecule has 0 spiro atoms. The summed E-state index contributed by atoms with van der Waals surface area (Å²) < 4.78 is 98.9. The van der Waals surface area contributed by atoms with E-state index in [1.54, 1.807) is 0 Å². The molecule has 7 N–H and O–H groups in total. The summed E-state index contributed by atoms with van der Waals surface area (Å²) in [5, 5.41) is 19.4. The van der Waals surface area contributed by atoms with Gasteiger partial charge in [0.05, 0.1) is 4.90 Å². The Kier molecular flexibility index (Phi) is 6.79. The number of amides is 1. The van der Waals surface area contributed by atoms with Gasteiger partial charge in [0.2, 0.25) is 5.91 Å². The van der Waals surface area contributed by atoms with E-state index < -0.39 is 73.8 Å². The van der Waals surface area contributed by atoms with E-state index in [4.69, 9.17) is 5.73 Å². The number of rotatable bonds is 6. The molecule has 36 heavy (non-hydrogen) atoms. The third-order valence-corrected chi connectivity index (χ3v) is 7.13. The molecule has 0 aliphatic heterocycles. The fourth-order valence-corrected chi connectivity index (χ4v) is 4.98. The van der Waals surface area contributed by atoms with Crippen LogP contribution in [0.3, 0.4) is 0 Å². The predicted octanol–water partition coefficient (Wildman–Crippen LogP) is 2.24. The first kappa shape index (κ1) is 26.9. The lowest BCUT2D eigenvalue weighted by Crippen LogP contribution is -2.07. The third kappa shape index (κ3) is 5.58. The quantitative estimate of drug-likeness (QED) is 0.144. The van der Waals surface area contributed by atoms with Crippen molar-refractivity contribution in [3.8, 4) is 5.75 Å². The molecule has 0 saturated carbocycles. The van der Waals surface area contributed by atoms with E-state index in [0.717, 1.165) is 31.2 Å². The molecule has 0 bridgehead atoms. The Bertz CT molecular complexity index is 1780. The van der Waals surface area contributed by atoms with Crippen LogP contribution in [0.15, 0.2) is 61.3 Å². The SMILES string of the molecule is CC(=O)Nc1ccc(N=Nc2c(S(=O)(=O)O)cc3cc(S(=O)(=O)O)cc(N)c3c2O)c(S(=O)(=O)O)c1. The van der Waals surface area contributed by atoms with Gasteiger partial charge in [0.25, 0.3) is 30.4 Å². The van der Waals surface area contributed by atoms with Gasteiger partial charge in [0.15, 0.2) is 5.75 Å². The smallest absolute Gasteiger partial charge is 0.296 e. The maximum Gasteiger partial charge on any atom is 0.296 e. The lowest BCUT2D eigenvalue weighted by molar-refractivity contribution is -0.114. The fraction of sp³-hybridized carbons (Fsp3) is 0.0556. The first-order chi connectivity index (χ1) is 16.4. The summed E-state index contributed by atoms with van der Waals surface area (Å²) in [4.78, 5) is 8.56. The third-order valence-electron chi connectivity index (χ3n) is 4.55. The Morgan fingerprint density at radius 2 is 1.47 bits per heavy atom. The van der Waals surface area contributed by atoms with Gasteiger partial charge in [-0.15, -0.1) is 10.2 Å². The minimum Gasteiger partial charge on any atom is -0.505 e. The number of aromatic hydroxyl groups is 1. The first-order valence-electron chi connectivity index (χ1n) is 9.24. The first-order valence-corrected chi connectivity index (χ1v) is 13.6. The van der Waals surface area contributed by atoms with Crippen molar-refractivity contribution in [2.45, 2.75) is 21.6 Å². The van der Waals surface area contributed by atoms with Gasteiger partial charge in [-0.05, 0) is 41.8 Å². The predicted molar refractivity (Wildman–Crippen MR) is 124 cm³/mol. The molecule has 3 rings (SSSR count). The number of nitrogens with one attached hydrogen (secondary N) is 1. The van der Waals surface area contributed by atoms with Crippen LogP contribution in [0, 0.1) is 0 Å². The Morgan fingerprint density at radius 3 is 2.00 bits per heavy atom. The molecule has 0 aliphatic carbocycles. The van der Waals surface area contributed by atoms with Crippen molar-refractivity contribution in [2.75, 3.05) is 11.1 Å². The molecule has 0 unspecified atom stereocenters. The minimum atomic E-state index is -5.15. The fourth-order valence-electron chi connectivity index (χ4n) is 3.12. The van der Waals surface area contributed by atoms with Crippen LogP contribution in [0.2, 0.25) is 0 Å². The van der Waals surface area contributed by atoms with Gasteiger partial charge in [-0.2, -0.15) is 25.3 Å². The largest absolute Gasteiger partial charge is 0.505 e. The van der Waals surface area contributed by atoms with Gasteiger partial charge < -0.3 is 16.2 Å². The van der Waals surface area contributed by atoms with Crippen LogP contribution >= 0.6 is 0 Å². The highest BCUT2D eigenvalue weighted by Gasteiger charge is 2.25. The van der Waals surface area contributed by atoms with Crippen LogP contribution in [-0.2, 0) is 35.1 Å². The van der Waals surface area contributed by atoms with E-state index in [2.05, 4.69) is 15.5 Å². The van der Waals surface area contributed by atoms with E-state index >= 15 is 0 Å². The summed E-state index contributed by atoms with van der Waals surface area (Å²) in [5.41, 5.74) is 3.82. The van der Waals surface area contributed by atoms with Crippen LogP contribution in [0.4, 0.5) is 22.7 Å². The number of nitrogens with zero attached hydrogens (tertiary/aromatic N) is 2. The highest BCUT2D eigenvalue weighted by molar-refractivity contribution is 7.86. The second-order valence-electron chi connectivity index (χ2n) is 7.17. The number of benzene rings is 3. The van der Waals surface area contributed by atoms with Crippen molar-refractivity contribution in [1.82, 2.24) is 0 Å². The Morgan fingerprint density at radius 1 is 0.861 bits per heavy atom. The summed E-state index contributed by atoms with van der Waals surface area (Å²) in [6, 6.07) is 5.24. The van der Waals surface area contributed by atoms with E-state index in [1.807, 2.05) is 0 Å². The maximum atomic E-state index is 12.0. The summed E-state index contributed by atoms with van der Waals surface area (Å²) in [6.45, 7) is 1.14. The molecule has 1 amide bonds. The lowest BCUT2D eigenvalue weighted by Gasteiger charge is -2.12. The average Bonchev–Trinajstić information content (AvgIpc) is 2.70. The van der Waals surface area contributed by atoms with Crippen molar-refractivity contribution < 1.29 is 48.8 Å². The lowest BCUT2D eigenvalue weighted by atomic mass is 10.1. The van der Waals surface area contributed by atoms with Crippen LogP contribution in [0.25, 0.3) is 10.8 Å². The van der Waals surface area contributed by atoms with Crippen LogP contribution in [-0.4, -0.2) is 49.9 Å². The second kappa shape index (κ2) is 9.08. The number of nitrogen functional groups attached to an aromatic ring is 1. The highest BCUT2D eigenvalue weighted by atomic mass is 32.2. The normalized spacial score (nSPS) is 12.8. The van der Waals surface area contributed by atoms with Crippen LogP contribution in [0.5, 0.6) is 5.75 Å². The van der Waals surface area contributed by atoms with Gasteiger partial charge in [-0.25, -0.2) is 0 Å². The zero-order valence-corrected chi connectivity index (χ0v) is 20.3. The number of hydrogen-bond acceptors (Lipinski definition) is 11. The van der Waals surface area contributed by atoms with Crippen molar-refractivity contribution in [3.05, 3.63) is 36.4 Å². The van der Waals surface area contributed by atoms with E-state index in [-0.39, 0.29) is 16.5 Å².